The largest absolute Gasteiger partial charge is 0.494 e. The van der Waals surface area contributed by atoms with Crippen LogP contribution in [0.5, 0.6) is 11.5 Å². The number of anilines is 1. The van der Waals surface area contributed by atoms with Crippen LogP contribution < -0.4 is 14.8 Å². The van der Waals surface area contributed by atoms with Crippen LogP contribution in [0.15, 0.2) is 48.5 Å². The van der Waals surface area contributed by atoms with Gasteiger partial charge in [-0.25, -0.2) is 0 Å². The highest BCUT2D eigenvalue weighted by atomic mass is 16.5. The van der Waals surface area contributed by atoms with E-state index in [1.54, 1.807) is 0 Å². The Hall–Kier alpha value is -2.49. The average molecular weight is 355 g/mol. The summed E-state index contributed by atoms with van der Waals surface area (Å²) in [6.45, 7) is 4.98. The third-order valence-electron chi connectivity index (χ3n) is 4.09. The van der Waals surface area contributed by atoms with Crippen LogP contribution in [-0.2, 0) is 11.2 Å². The van der Waals surface area contributed by atoms with Gasteiger partial charge in [0.25, 0.3) is 5.91 Å². The Kier molecular flexibility index (Phi) is 8.53. The standard InChI is InChI=1S/C22H29NO3/c1-3-5-6-7-15-25-21-10-8-9-19(16-21)23-22(24)17-26-20-13-11-18(4-2)12-14-20/h8-14,16H,3-7,15,17H2,1-2H3,(H,23,24). The molecule has 0 radical (unpaired) electrons. The first-order chi connectivity index (χ1) is 12.7. The van der Waals surface area contributed by atoms with E-state index in [2.05, 4.69) is 19.2 Å². The molecule has 0 aromatic heterocycles. The van der Waals surface area contributed by atoms with E-state index in [9.17, 15) is 4.79 Å². The van der Waals surface area contributed by atoms with Crippen LogP contribution in [0, 0.1) is 0 Å². The molecule has 0 bridgehead atoms. The molecule has 0 spiro atoms. The van der Waals surface area contributed by atoms with Crippen LogP contribution in [0.25, 0.3) is 0 Å². The SMILES string of the molecule is CCCCCCOc1cccc(NC(=O)COc2ccc(CC)cc2)c1. The Labute approximate surface area is 156 Å². The lowest BCUT2D eigenvalue weighted by molar-refractivity contribution is -0.118. The highest BCUT2D eigenvalue weighted by Gasteiger charge is 2.05. The number of benzene rings is 2. The summed E-state index contributed by atoms with van der Waals surface area (Å²) in [5.74, 6) is 1.28. The quantitative estimate of drug-likeness (QED) is 0.562. The molecule has 0 unspecified atom stereocenters. The van der Waals surface area contributed by atoms with E-state index in [1.165, 1.54) is 24.8 Å². The van der Waals surface area contributed by atoms with Gasteiger partial charge in [-0.1, -0.05) is 51.3 Å². The summed E-state index contributed by atoms with van der Waals surface area (Å²) in [5.41, 5.74) is 1.96. The number of ether oxygens (including phenoxy) is 2. The minimum Gasteiger partial charge on any atom is -0.494 e. The number of aryl methyl sites for hydroxylation is 1. The van der Waals surface area contributed by atoms with Crippen molar-refractivity contribution >= 4 is 11.6 Å². The van der Waals surface area contributed by atoms with E-state index in [0.717, 1.165) is 18.6 Å². The van der Waals surface area contributed by atoms with E-state index in [1.807, 2.05) is 48.5 Å². The smallest absolute Gasteiger partial charge is 0.262 e. The maximum absolute atomic E-state index is 12.1. The van der Waals surface area contributed by atoms with Crippen molar-refractivity contribution in [1.82, 2.24) is 0 Å². The number of rotatable bonds is 11. The van der Waals surface area contributed by atoms with Crippen LogP contribution >= 0.6 is 0 Å². The summed E-state index contributed by atoms with van der Waals surface area (Å²) < 4.78 is 11.3. The number of hydrogen-bond acceptors (Lipinski definition) is 3. The van der Waals surface area contributed by atoms with Crippen molar-refractivity contribution in [2.24, 2.45) is 0 Å². The first kappa shape index (κ1) is 19.8. The molecule has 0 heterocycles. The number of nitrogens with one attached hydrogen (secondary N) is 1. The summed E-state index contributed by atoms with van der Waals surface area (Å²) in [6.07, 6.45) is 5.67. The van der Waals surface area contributed by atoms with Crippen LogP contribution in [0.2, 0.25) is 0 Å². The van der Waals surface area contributed by atoms with Crippen molar-refractivity contribution in [2.45, 2.75) is 46.0 Å². The molecule has 0 saturated heterocycles. The topological polar surface area (TPSA) is 47.6 Å². The number of carbonyl (C=O) groups excluding carboxylic acids is 1. The maximum atomic E-state index is 12.1. The highest BCUT2D eigenvalue weighted by Crippen LogP contribution is 2.18. The lowest BCUT2D eigenvalue weighted by atomic mass is 10.2. The molecule has 0 aliphatic carbocycles. The lowest BCUT2D eigenvalue weighted by Crippen LogP contribution is -2.20. The van der Waals surface area contributed by atoms with E-state index in [0.29, 0.717) is 18.0 Å². The van der Waals surface area contributed by atoms with Gasteiger partial charge >= 0.3 is 0 Å². The molecule has 0 atom stereocenters. The minimum atomic E-state index is -0.190. The Morgan fingerprint density at radius 2 is 1.73 bits per heavy atom. The van der Waals surface area contributed by atoms with E-state index < -0.39 is 0 Å². The Morgan fingerprint density at radius 1 is 0.923 bits per heavy atom. The van der Waals surface area contributed by atoms with Crippen molar-refractivity contribution in [3.8, 4) is 11.5 Å². The van der Waals surface area contributed by atoms with E-state index >= 15 is 0 Å². The van der Waals surface area contributed by atoms with E-state index in [4.69, 9.17) is 9.47 Å². The fourth-order valence-corrected chi connectivity index (χ4v) is 2.55. The van der Waals surface area contributed by atoms with Crippen molar-refractivity contribution < 1.29 is 14.3 Å². The normalized spacial score (nSPS) is 10.4. The van der Waals surface area contributed by atoms with Crippen LogP contribution in [-0.4, -0.2) is 19.1 Å². The van der Waals surface area contributed by atoms with Crippen LogP contribution in [0.3, 0.4) is 0 Å². The van der Waals surface area contributed by atoms with Gasteiger partial charge in [0, 0.05) is 11.8 Å². The Balaban J connectivity index is 1.76. The molecule has 4 heteroatoms. The predicted molar refractivity (Wildman–Crippen MR) is 106 cm³/mol. The van der Waals surface area contributed by atoms with Gasteiger partial charge in [-0.05, 0) is 42.7 Å². The monoisotopic (exact) mass is 355 g/mol. The fourth-order valence-electron chi connectivity index (χ4n) is 2.55. The minimum absolute atomic E-state index is 0.0203. The van der Waals surface area contributed by atoms with Crippen LogP contribution in [0.4, 0.5) is 5.69 Å². The lowest BCUT2D eigenvalue weighted by Gasteiger charge is -2.10. The highest BCUT2D eigenvalue weighted by molar-refractivity contribution is 5.92. The molecule has 2 rings (SSSR count). The van der Waals surface area contributed by atoms with Crippen molar-refractivity contribution in [3.63, 3.8) is 0 Å². The molecule has 140 valence electrons. The third-order valence-corrected chi connectivity index (χ3v) is 4.09. The van der Waals surface area contributed by atoms with Gasteiger partial charge in [0.2, 0.25) is 0 Å². The predicted octanol–water partition coefficient (Wildman–Crippen LogP) is 5.23. The van der Waals surface area contributed by atoms with Gasteiger partial charge in [0.05, 0.1) is 6.61 Å². The number of amides is 1. The number of carbonyl (C=O) groups is 1. The molecule has 0 saturated carbocycles. The summed E-state index contributed by atoms with van der Waals surface area (Å²) in [6, 6.07) is 15.3. The third kappa shape index (κ3) is 7.18. The second-order valence-corrected chi connectivity index (χ2v) is 6.27. The fraction of sp³-hybridized carbons (Fsp3) is 0.409. The van der Waals surface area contributed by atoms with Crippen molar-refractivity contribution in [3.05, 3.63) is 54.1 Å². The molecule has 2 aromatic carbocycles. The number of unbranched alkanes of at least 4 members (excludes halogenated alkanes) is 3. The van der Waals surface area contributed by atoms with Crippen molar-refractivity contribution in [2.75, 3.05) is 18.5 Å². The molecule has 0 aliphatic heterocycles. The van der Waals surface area contributed by atoms with Gasteiger partial charge in [-0.15, -0.1) is 0 Å². The molecule has 0 aliphatic rings. The zero-order chi connectivity index (χ0) is 18.6. The zero-order valence-electron chi connectivity index (χ0n) is 15.8. The van der Waals surface area contributed by atoms with Crippen LogP contribution in [0.1, 0.15) is 45.1 Å². The molecular weight excluding hydrogens is 326 g/mol. The maximum Gasteiger partial charge on any atom is 0.262 e. The van der Waals surface area contributed by atoms with Gasteiger partial charge < -0.3 is 14.8 Å². The summed E-state index contributed by atoms with van der Waals surface area (Å²) in [5, 5.41) is 2.84. The van der Waals surface area contributed by atoms with Gasteiger partial charge in [0.15, 0.2) is 6.61 Å². The first-order valence-electron chi connectivity index (χ1n) is 9.45. The zero-order valence-corrected chi connectivity index (χ0v) is 15.8. The molecule has 2 aromatic rings. The molecule has 0 fully saturated rings. The van der Waals surface area contributed by atoms with E-state index in [-0.39, 0.29) is 12.5 Å². The summed E-state index contributed by atoms with van der Waals surface area (Å²) in [4.78, 5) is 12.1. The van der Waals surface area contributed by atoms with Gasteiger partial charge in [-0.3, -0.25) is 4.79 Å². The Morgan fingerprint density at radius 3 is 2.46 bits per heavy atom. The van der Waals surface area contributed by atoms with Gasteiger partial charge in [-0.2, -0.15) is 0 Å². The number of hydrogen-bond donors (Lipinski definition) is 1. The second-order valence-electron chi connectivity index (χ2n) is 6.27. The molecule has 1 N–H and O–H groups in total. The van der Waals surface area contributed by atoms with Crippen molar-refractivity contribution in [1.29, 1.82) is 0 Å². The second kappa shape index (κ2) is 11.2. The first-order valence-corrected chi connectivity index (χ1v) is 9.45. The molecule has 4 nitrogen and oxygen atoms in total. The average Bonchev–Trinajstić information content (AvgIpc) is 2.67. The van der Waals surface area contributed by atoms with Gasteiger partial charge in [0.1, 0.15) is 11.5 Å². The molecular formula is C22H29NO3. The molecule has 26 heavy (non-hydrogen) atoms. The summed E-state index contributed by atoms with van der Waals surface area (Å²) in [7, 11) is 0. The Bertz CT molecular complexity index is 667. The molecule has 1 amide bonds. The summed E-state index contributed by atoms with van der Waals surface area (Å²) >= 11 is 0.